The largest absolute Gasteiger partial charge is 0.467 e. The van der Waals surface area contributed by atoms with Crippen LogP contribution in [0.4, 0.5) is 8.78 Å². The van der Waals surface area contributed by atoms with Gasteiger partial charge in [-0.15, -0.1) is 24.0 Å². The fourth-order valence-corrected chi connectivity index (χ4v) is 2.14. The first-order chi connectivity index (χ1) is 11.6. The highest BCUT2D eigenvalue weighted by Crippen LogP contribution is 2.13. The van der Waals surface area contributed by atoms with Gasteiger partial charge >= 0.3 is 0 Å². The highest BCUT2D eigenvalue weighted by molar-refractivity contribution is 14.0. The van der Waals surface area contributed by atoms with Crippen molar-refractivity contribution in [3.8, 4) is 0 Å². The molecule has 138 valence electrons. The number of aliphatic hydroxyl groups is 1. The van der Waals surface area contributed by atoms with Gasteiger partial charge in [0.2, 0.25) is 0 Å². The van der Waals surface area contributed by atoms with E-state index < -0.39 is 17.7 Å². The van der Waals surface area contributed by atoms with Crippen molar-refractivity contribution in [3.05, 3.63) is 59.6 Å². The fraction of sp³-hybridized carbons (Fsp3) is 0.353. The summed E-state index contributed by atoms with van der Waals surface area (Å²) in [6, 6.07) is 6.76. The van der Waals surface area contributed by atoms with Crippen LogP contribution >= 0.6 is 24.0 Å². The van der Waals surface area contributed by atoms with Crippen molar-refractivity contribution in [2.24, 2.45) is 4.99 Å². The zero-order chi connectivity index (χ0) is 17.4. The highest BCUT2D eigenvalue weighted by atomic mass is 127. The second-order valence-electron chi connectivity index (χ2n) is 5.16. The summed E-state index contributed by atoms with van der Waals surface area (Å²) in [6.07, 6.45) is 0.963. The first kappa shape index (κ1) is 21.4. The molecule has 1 heterocycles. The van der Waals surface area contributed by atoms with Crippen molar-refractivity contribution in [3.63, 3.8) is 0 Å². The molecule has 1 aromatic carbocycles. The molecule has 1 aromatic heterocycles. The summed E-state index contributed by atoms with van der Waals surface area (Å²) in [5.74, 6) is 0.0262. The molecule has 5 nitrogen and oxygen atoms in total. The normalized spacial score (nSPS) is 12.4. The summed E-state index contributed by atoms with van der Waals surface area (Å²) in [7, 11) is 0. The Morgan fingerprint density at radius 2 is 2.08 bits per heavy atom. The van der Waals surface area contributed by atoms with Crippen molar-refractivity contribution < 1.29 is 18.3 Å². The SMILES string of the molecule is CCNC(=NCC(O)c1ccco1)NCCc1cc(F)ccc1F.I. The Morgan fingerprint density at radius 3 is 2.76 bits per heavy atom. The number of halogens is 3. The van der Waals surface area contributed by atoms with Crippen molar-refractivity contribution >= 4 is 29.9 Å². The van der Waals surface area contributed by atoms with Crippen LogP contribution in [0, 0.1) is 11.6 Å². The number of nitrogens with one attached hydrogen (secondary N) is 2. The molecule has 0 spiro atoms. The van der Waals surface area contributed by atoms with Crippen LogP contribution in [-0.4, -0.2) is 30.7 Å². The molecule has 2 rings (SSSR count). The van der Waals surface area contributed by atoms with E-state index in [9.17, 15) is 13.9 Å². The van der Waals surface area contributed by atoms with E-state index in [1.165, 1.54) is 12.3 Å². The standard InChI is InChI=1S/C17H21F2N3O2.HI/c1-2-20-17(22-11-15(23)16-4-3-9-24-16)21-8-7-12-10-13(18)5-6-14(12)19;/h3-6,9-10,15,23H,2,7-8,11H2,1H3,(H2,20,21,22);1H. The first-order valence-electron chi connectivity index (χ1n) is 7.77. The molecule has 1 atom stereocenters. The summed E-state index contributed by atoms with van der Waals surface area (Å²) in [5, 5.41) is 16.0. The molecule has 0 amide bonds. The van der Waals surface area contributed by atoms with Gasteiger partial charge < -0.3 is 20.2 Å². The maximum Gasteiger partial charge on any atom is 0.191 e. The Labute approximate surface area is 162 Å². The summed E-state index contributed by atoms with van der Waals surface area (Å²) in [5.41, 5.74) is 0.300. The van der Waals surface area contributed by atoms with E-state index in [0.717, 1.165) is 12.1 Å². The van der Waals surface area contributed by atoms with Crippen LogP contribution in [0.15, 0.2) is 46.0 Å². The quantitative estimate of drug-likeness (QED) is 0.334. The third-order valence-corrected chi connectivity index (χ3v) is 3.33. The van der Waals surface area contributed by atoms with Gasteiger partial charge in [-0.3, -0.25) is 4.99 Å². The number of furan rings is 1. The van der Waals surface area contributed by atoms with Crippen LogP contribution in [0.3, 0.4) is 0 Å². The molecule has 25 heavy (non-hydrogen) atoms. The topological polar surface area (TPSA) is 69.8 Å². The smallest absolute Gasteiger partial charge is 0.191 e. The number of aliphatic hydroxyl groups excluding tert-OH is 1. The second-order valence-corrected chi connectivity index (χ2v) is 5.16. The molecule has 0 aliphatic rings. The monoisotopic (exact) mass is 465 g/mol. The van der Waals surface area contributed by atoms with Crippen molar-refractivity contribution in [2.75, 3.05) is 19.6 Å². The lowest BCUT2D eigenvalue weighted by Gasteiger charge is -2.12. The first-order valence-corrected chi connectivity index (χ1v) is 7.77. The number of guanidine groups is 1. The van der Waals surface area contributed by atoms with Gasteiger partial charge in [-0.1, -0.05) is 0 Å². The van der Waals surface area contributed by atoms with Crippen LogP contribution in [0.1, 0.15) is 24.4 Å². The lowest BCUT2D eigenvalue weighted by Crippen LogP contribution is -2.38. The van der Waals surface area contributed by atoms with Crippen molar-refractivity contribution in [1.29, 1.82) is 0 Å². The predicted octanol–water partition coefficient (Wildman–Crippen LogP) is 3.01. The molecule has 0 saturated carbocycles. The Hall–Kier alpha value is -1.68. The molecular weight excluding hydrogens is 443 g/mol. The van der Waals surface area contributed by atoms with Gasteiger partial charge in [-0.05, 0) is 49.2 Å². The van der Waals surface area contributed by atoms with Gasteiger partial charge in [0.1, 0.15) is 23.5 Å². The number of aliphatic imine (C=N–C) groups is 1. The molecule has 0 fully saturated rings. The summed E-state index contributed by atoms with van der Waals surface area (Å²) < 4.78 is 31.8. The van der Waals surface area contributed by atoms with Crippen LogP contribution in [0.25, 0.3) is 0 Å². The lowest BCUT2D eigenvalue weighted by atomic mass is 10.1. The predicted molar refractivity (Wildman–Crippen MR) is 103 cm³/mol. The Kier molecular flexibility index (Phi) is 9.43. The second kappa shape index (κ2) is 11.0. The van der Waals surface area contributed by atoms with E-state index in [1.807, 2.05) is 6.92 Å². The minimum atomic E-state index is -0.837. The van der Waals surface area contributed by atoms with Gasteiger partial charge in [-0.25, -0.2) is 8.78 Å². The van der Waals surface area contributed by atoms with E-state index in [-0.39, 0.29) is 30.5 Å². The Bertz CT molecular complexity index is 666. The van der Waals surface area contributed by atoms with Gasteiger partial charge in [0.25, 0.3) is 0 Å². The average Bonchev–Trinajstić information content (AvgIpc) is 3.10. The summed E-state index contributed by atoms with van der Waals surface area (Å²) in [6.45, 7) is 3.05. The van der Waals surface area contributed by atoms with E-state index in [2.05, 4.69) is 15.6 Å². The molecule has 8 heteroatoms. The minimum Gasteiger partial charge on any atom is -0.467 e. The molecule has 3 N–H and O–H groups in total. The molecule has 0 aliphatic carbocycles. The van der Waals surface area contributed by atoms with E-state index in [0.29, 0.717) is 36.8 Å². The number of nitrogens with zero attached hydrogens (tertiary/aromatic N) is 1. The molecule has 0 radical (unpaired) electrons. The fourth-order valence-electron chi connectivity index (χ4n) is 2.14. The van der Waals surface area contributed by atoms with Crippen LogP contribution in [0.5, 0.6) is 0 Å². The molecule has 0 aliphatic heterocycles. The highest BCUT2D eigenvalue weighted by Gasteiger charge is 2.10. The van der Waals surface area contributed by atoms with E-state index >= 15 is 0 Å². The van der Waals surface area contributed by atoms with E-state index in [4.69, 9.17) is 4.42 Å². The average molecular weight is 465 g/mol. The Balaban J connectivity index is 0.00000312. The molecule has 1 unspecified atom stereocenters. The van der Waals surface area contributed by atoms with Gasteiger partial charge in [-0.2, -0.15) is 0 Å². The molecule has 0 saturated heterocycles. The molecule has 0 bridgehead atoms. The number of hydrogen-bond donors (Lipinski definition) is 3. The van der Waals surface area contributed by atoms with Crippen LogP contribution in [-0.2, 0) is 6.42 Å². The van der Waals surface area contributed by atoms with Crippen molar-refractivity contribution in [2.45, 2.75) is 19.4 Å². The Morgan fingerprint density at radius 1 is 1.28 bits per heavy atom. The lowest BCUT2D eigenvalue weighted by molar-refractivity contribution is 0.158. The number of rotatable bonds is 7. The van der Waals surface area contributed by atoms with Crippen LogP contribution in [0.2, 0.25) is 0 Å². The minimum absolute atomic E-state index is 0. The third-order valence-electron chi connectivity index (χ3n) is 3.33. The zero-order valence-electron chi connectivity index (χ0n) is 13.8. The maximum absolute atomic E-state index is 13.6. The van der Waals surface area contributed by atoms with Crippen molar-refractivity contribution in [1.82, 2.24) is 10.6 Å². The van der Waals surface area contributed by atoms with Gasteiger partial charge in [0.15, 0.2) is 5.96 Å². The summed E-state index contributed by atoms with van der Waals surface area (Å²) in [4.78, 5) is 4.26. The van der Waals surface area contributed by atoms with Crippen LogP contribution < -0.4 is 10.6 Å². The zero-order valence-corrected chi connectivity index (χ0v) is 16.2. The van der Waals surface area contributed by atoms with Gasteiger partial charge in [0.05, 0.1) is 12.8 Å². The molecule has 2 aromatic rings. The molecular formula is C17H22F2IN3O2. The maximum atomic E-state index is 13.6. The van der Waals surface area contributed by atoms with Gasteiger partial charge in [0, 0.05) is 13.1 Å². The van der Waals surface area contributed by atoms with E-state index in [1.54, 1.807) is 12.1 Å². The summed E-state index contributed by atoms with van der Waals surface area (Å²) >= 11 is 0. The number of hydrogen-bond acceptors (Lipinski definition) is 3. The third kappa shape index (κ3) is 6.99. The number of benzene rings is 1.